The first kappa shape index (κ1) is 22.0. The largest absolute Gasteiger partial charge is 0.458 e. The summed E-state index contributed by atoms with van der Waals surface area (Å²) in [5.41, 5.74) is 0.653. The van der Waals surface area contributed by atoms with Gasteiger partial charge >= 0.3 is 17.9 Å². The third kappa shape index (κ3) is 3.40. The van der Waals surface area contributed by atoms with Gasteiger partial charge in [0.25, 0.3) is 0 Å². The molecule has 1 fully saturated rings. The molecule has 2 aliphatic carbocycles. The number of hydrogen-bond donors (Lipinski definition) is 0. The Labute approximate surface area is 176 Å². The molecule has 0 amide bonds. The van der Waals surface area contributed by atoms with Crippen molar-refractivity contribution in [2.75, 3.05) is 0 Å². The number of ether oxygens (including phenoxy) is 3. The van der Waals surface area contributed by atoms with Crippen LogP contribution in [0.4, 0.5) is 0 Å². The minimum absolute atomic E-state index is 0.135. The summed E-state index contributed by atoms with van der Waals surface area (Å²) in [6, 6.07) is 0. The molecule has 5 atom stereocenters. The molecule has 7 heteroatoms. The van der Waals surface area contributed by atoms with E-state index in [0.29, 0.717) is 5.57 Å². The summed E-state index contributed by atoms with van der Waals surface area (Å²) in [5.74, 6) is -3.69. The maximum atomic E-state index is 13.0. The summed E-state index contributed by atoms with van der Waals surface area (Å²) in [7, 11) is 0. The number of carbonyl (C=O) groups is 4. The van der Waals surface area contributed by atoms with Crippen molar-refractivity contribution in [3.63, 3.8) is 0 Å². The highest BCUT2D eigenvalue weighted by Crippen LogP contribution is 2.51. The number of allylic oxidation sites excluding steroid dienone is 1. The zero-order valence-corrected chi connectivity index (χ0v) is 18.2. The van der Waals surface area contributed by atoms with Gasteiger partial charge in [0.05, 0.1) is 11.8 Å². The van der Waals surface area contributed by atoms with Gasteiger partial charge in [0.2, 0.25) is 5.60 Å². The number of rotatable bonds is 4. The molecule has 1 saturated heterocycles. The third-order valence-corrected chi connectivity index (χ3v) is 6.15. The Hall–Kier alpha value is -2.70. The van der Waals surface area contributed by atoms with Gasteiger partial charge in [0.15, 0.2) is 5.78 Å². The molecule has 0 bridgehead atoms. The smallest absolute Gasteiger partial charge is 0.351 e. The Morgan fingerprint density at radius 2 is 1.90 bits per heavy atom. The number of esters is 3. The molecule has 3 rings (SSSR count). The lowest BCUT2D eigenvalue weighted by Gasteiger charge is -2.35. The molecule has 30 heavy (non-hydrogen) atoms. The van der Waals surface area contributed by atoms with E-state index in [0.717, 1.165) is 11.1 Å². The van der Waals surface area contributed by atoms with Gasteiger partial charge in [-0.3, -0.25) is 9.59 Å². The third-order valence-electron chi connectivity index (χ3n) is 6.15. The Kier molecular flexibility index (Phi) is 5.52. The Morgan fingerprint density at radius 3 is 2.47 bits per heavy atom. The van der Waals surface area contributed by atoms with E-state index in [1.165, 1.54) is 13.8 Å². The predicted octanol–water partition coefficient (Wildman–Crippen LogP) is 2.84. The van der Waals surface area contributed by atoms with Crippen LogP contribution in [0.15, 0.2) is 34.9 Å². The van der Waals surface area contributed by atoms with Crippen molar-refractivity contribution in [2.24, 2.45) is 17.8 Å². The summed E-state index contributed by atoms with van der Waals surface area (Å²) >= 11 is 0. The second kappa shape index (κ2) is 7.52. The summed E-state index contributed by atoms with van der Waals surface area (Å²) < 4.78 is 17.1. The average molecular weight is 416 g/mol. The van der Waals surface area contributed by atoms with Gasteiger partial charge < -0.3 is 14.2 Å². The second-order valence-electron chi connectivity index (χ2n) is 8.93. The van der Waals surface area contributed by atoms with Gasteiger partial charge in [-0.15, -0.1) is 0 Å². The van der Waals surface area contributed by atoms with Crippen molar-refractivity contribution in [3.05, 3.63) is 34.9 Å². The predicted molar refractivity (Wildman–Crippen MR) is 107 cm³/mol. The fourth-order valence-electron chi connectivity index (χ4n) is 4.59. The molecule has 0 unspecified atom stereocenters. The molecule has 1 aliphatic heterocycles. The zero-order chi connectivity index (χ0) is 22.5. The first-order valence-electron chi connectivity index (χ1n) is 10.1. The number of fused-ring (bicyclic) bond motifs is 3. The Morgan fingerprint density at radius 1 is 1.27 bits per heavy atom. The standard InChI is InChI=1S/C23H28O7/c1-10(2)20(25)28-15-9-13(6)16-14(24)8-12(5)17(16)19-18(15)23(7,22(27)29-19)30-21(26)11(3)4/h8,11,15,17-19H,1,9H2,2-7H3/t15-,17+,18+,19-,23-/m0/s1. The fraction of sp³-hybridized carbons (Fsp3) is 0.565. The first-order chi connectivity index (χ1) is 13.9. The van der Waals surface area contributed by atoms with Crippen LogP contribution in [0.3, 0.4) is 0 Å². The van der Waals surface area contributed by atoms with Gasteiger partial charge in [0, 0.05) is 23.5 Å². The highest BCUT2D eigenvalue weighted by Gasteiger charge is 2.65. The molecule has 0 N–H and O–H groups in total. The van der Waals surface area contributed by atoms with Gasteiger partial charge in [0.1, 0.15) is 12.2 Å². The molecule has 0 aromatic carbocycles. The number of ketones is 1. The van der Waals surface area contributed by atoms with E-state index >= 15 is 0 Å². The summed E-state index contributed by atoms with van der Waals surface area (Å²) in [5, 5.41) is 0. The summed E-state index contributed by atoms with van der Waals surface area (Å²) in [6.07, 6.45) is 0.157. The van der Waals surface area contributed by atoms with Crippen LogP contribution in [0.5, 0.6) is 0 Å². The van der Waals surface area contributed by atoms with Crippen LogP contribution in [0, 0.1) is 17.8 Å². The van der Waals surface area contributed by atoms with Crippen LogP contribution < -0.4 is 0 Å². The Balaban J connectivity index is 2.12. The maximum Gasteiger partial charge on any atom is 0.351 e. The number of hydrogen-bond acceptors (Lipinski definition) is 7. The highest BCUT2D eigenvalue weighted by atomic mass is 16.6. The van der Waals surface area contributed by atoms with E-state index in [1.54, 1.807) is 19.9 Å². The molecular formula is C23H28O7. The molecule has 162 valence electrons. The molecule has 0 aromatic heterocycles. The quantitative estimate of drug-likeness (QED) is 0.395. The van der Waals surface area contributed by atoms with Crippen LogP contribution in [0.2, 0.25) is 0 Å². The lowest BCUT2D eigenvalue weighted by molar-refractivity contribution is -0.180. The molecule has 0 saturated carbocycles. The molecule has 0 spiro atoms. The molecule has 0 radical (unpaired) electrons. The normalized spacial score (nSPS) is 32.8. The molecule has 3 aliphatic rings. The zero-order valence-electron chi connectivity index (χ0n) is 18.2. The number of carbonyl (C=O) groups excluding carboxylic acids is 4. The lowest BCUT2D eigenvalue weighted by atomic mass is 9.77. The van der Waals surface area contributed by atoms with E-state index in [4.69, 9.17) is 14.2 Å². The molecule has 7 nitrogen and oxygen atoms in total. The maximum absolute atomic E-state index is 13.0. The first-order valence-corrected chi connectivity index (χ1v) is 10.1. The van der Waals surface area contributed by atoms with E-state index in [9.17, 15) is 19.2 Å². The van der Waals surface area contributed by atoms with E-state index in [1.807, 2.05) is 13.8 Å². The minimum atomic E-state index is -1.65. The highest BCUT2D eigenvalue weighted by molar-refractivity contribution is 6.09. The topological polar surface area (TPSA) is 96.0 Å². The second-order valence-corrected chi connectivity index (χ2v) is 8.93. The lowest BCUT2D eigenvalue weighted by Crippen LogP contribution is -2.51. The molecule has 1 heterocycles. The van der Waals surface area contributed by atoms with Gasteiger partial charge in [-0.05, 0) is 33.8 Å². The SMILES string of the molecule is C=C(C)C(=O)O[C@H]1CC(C)=C2C(=O)C=C(C)[C@H]2[C@@H]2OC(=O)[C@@](C)(OC(=O)C(C)C)[C@@H]21. The average Bonchev–Trinajstić information content (AvgIpc) is 3.01. The van der Waals surface area contributed by atoms with Gasteiger partial charge in [-0.2, -0.15) is 0 Å². The van der Waals surface area contributed by atoms with Crippen molar-refractivity contribution in [2.45, 2.75) is 65.8 Å². The van der Waals surface area contributed by atoms with Crippen LogP contribution in [0.25, 0.3) is 0 Å². The minimum Gasteiger partial charge on any atom is -0.458 e. The van der Waals surface area contributed by atoms with Crippen molar-refractivity contribution in [3.8, 4) is 0 Å². The molecular weight excluding hydrogens is 388 g/mol. The van der Waals surface area contributed by atoms with E-state index in [2.05, 4.69) is 6.58 Å². The Bertz CT molecular complexity index is 907. The van der Waals surface area contributed by atoms with Crippen molar-refractivity contribution >= 4 is 23.7 Å². The molecule has 0 aromatic rings. The fourth-order valence-corrected chi connectivity index (χ4v) is 4.59. The van der Waals surface area contributed by atoms with Crippen molar-refractivity contribution in [1.29, 1.82) is 0 Å². The van der Waals surface area contributed by atoms with Crippen molar-refractivity contribution < 1.29 is 33.4 Å². The van der Waals surface area contributed by atoms with Gasteiger partial charge in [-0.1, -0.05) is 31.6 Å². The van der Waals surface area contributed by atoms with Crippen LogP contribution >= 0.6 is 0 Å². The summed E-state index contributed by atoms with van der Waals surface area (Å²) in [6.45, 7) is 13.6. The monoisotopic (exact) mass is 416 g/mol. The van der Waals surface area contributed by atoms with E-state index in [-0.39, 0.29) is 17.8 Å². The van der Waals surface area contributed by atoms with Crippen LogP contribution in [-0.4, -0.2) is 41.5 Å². The summed E-state index contributed by atoms with van der Waals surface area (Å²) in [4.78, 5) is 50.4. The van der Waals surface area contributed by atoms with Crippen LogP contribution in [-0.2, 0) is 33.4 Å². The van der Waals surface area contributed by atoms with Crippen molar-refractivity contribution in [1.82, 2.24) is 0 Å². The van der Waals surface area contributed by atoms with Crippen LogP contribution in [0.1, 0.15) is 48.0 Å². The van der Waals surface area contributed by atoms with E-state index < -0.39 is 53.5 Å². The van der Waals surface area contributed by atoms with Gasteiger partial charge in [-0.25, -0.2) is 9.59 Å².